The molecule has 0 radical (unpaired) electrons. The molecule has 19 heteroatoms. The molecule has 1 aliphatic heterocycles. The zero-order chi connectivity index (χ0) is 47.8. The van der Waals surface area contributed by atoms with Crippen molar-refractivity contribution >= 4 is 45.9 Å². The number of nitriles is 1. The van der Waals surface area contributed by atoms with E-state index in [9.17, 15) is 24.4 Å². The molecule has 4 aromatic rings. The molecule has 6 rings (SSSR count). The maximum absolute atomic E-state index is 13.3. The Kier molecular flexibility index (Phi) is 18.5. The number of hydrogen-bond acceptors (Lipinski definition) is 15. The molecule has 3 N–H and O–H groups in total. The molecule has 18 nitrogen and oxygen atoms in total. The van der Waals surface area contributed by atoms with E-state index in [0.717, 1.165) is 17.5 Å². The third-order valence-electron chi connectivity index (χ3n) is 11.8. The molecule has 2 heterocycles. The average molecular weight is 946 g/mol. The van der Waals surface area contributed by atoms with Crippen molar-refractivity contribution in [1.82, 2.24) is 25.6 Å². The number of halogens is 1. The SMILES string of the molecule is CC1(C)[C@H](NC(=O)c2ccc(OCCOCCOCCOCCOCCOCCCCNc3cccc4nnn(C5CCC(=O)NC5=O)c(=O)c34)cc2)C(C)(C)[C@H]1Oc1ccc(C#N)c(Cl)c1. The van der Waals surface area contributed by atoms with Gasteiger partial charge >= 0.3 is 0 Å². The number of carbonyl (C=O) groups excluding carboxylic acids is 3. The van der Waals surface area contributed by atoms with Gasteiger partial charge in [0.15, 0.2) is 0 Å². The second-order valence-electron chi connectivity index (χ2n) is 17.4. The van der Waals surface area contributed by atoms with Crippen molar-refractivity contribution in [2.75, 3.05) is 84.5 Å². The predicted octanol–water partition coefficient (Wildman–Crippen LogP) is 5.26. The van der Waals surface area contributed by atoms with E-state index in [0.29, 0.717) is 123 Å². The standard InChI is InChI=1S/C48H60ClN7O11/c1-47(2)45(48(3,4)46(47)67-35-15-12-33(31-50)36(49)30-35)53-42(58)32-10-13-34(14-11-32)66-29-28-65-27-26-64-25-24-63-23-22-62-21-20-61-19-6-5-18-51-37-8-7-9-38-41(37)44(60)56(55-54-38)39-16-17-40(57)52-43(39)59/h7-15,30,39,45-46,51H,5-6,16-29H2,1-4H3,(H,53,58)(H,52,57,59)/t39?,45-,46-. The Morgan fingerprint density at radius 3 is 2.04 bits per heavy atom. The van der Waals surface area contributed by atoms with E-state index in [2.05, 4.69) is 60.0 Å². The number of ether oxygens (including phenoxy) is 7. The average Bonchev–Trinajstić information content (AvgIpc) is 3.31. The molecule has 2 aliphatic rings. The van der Waals surface area contributed by atoms with Crippen LogP contribution < -0.4 is 31.0 Å². The summed E-state index contributed by atoms with van der Waals surface area (Å²) >= 11 is 6.22. The topological polar surface area (TPSA) is 223 Å². The van der Waals surface area contributed by atoms with E-state index in [4.69, 9.17) is 44.8 Å². The minimum atomic E-state index is -0.881. The van der Waals surface area contributed by atoms with Crippen LogP contribution in [0.5, 0.6) is 11.5 Å². The number of anilines is 1. The molecule has 3 amide bonds. The fourth-order valence-corrected chi connectivity index (χ4v) is 8.84. The first kappa shape index (κ1) is 50.7. The number of piperidine rings is 1. The monoisotopic (exact) mass is 945 g/mol. The lowest BCUT2D eigenvalue weighted by Gasteiger charge is -2.63. The molecule has 67 heavy (non-hydrogen) atoms. The molecule has 1 saturated heterocycles. The highest BCUT2D eigenvalue weighted by atomic mass is 35.5. The summed E-state index contributed by atoms with van der Waals surface area (Å²) < 4.78 is 41.2. The number of imide groups is 1. The number of benzene rings is 3. The fraction of sp³-hybridized carbons (Fsp3) is 0.521. The largest absolute Gasteiger partial charge is 0.491 e. The predicted molar refractivity (Wildman–Crippen MR) is 248 cm³/mol. The highest BCUT2D eigenvalue weighted by molar-refractivity contribution is 6.31. The molecule has 2 fully saturated rings. The Bertz CT molecular complexity index is 2390. The second-order valence-corrected chi connectivity index (χ2v) is 17.8. The van der Waals surface area contributed by atoms with Gasteiger partial charge in [0.25, 0.3) is 17.4 Å². The fourth-order valence-electron chi connectivity index (χ4n) is 8.63. The maximum Gasteiger partial charge on any atom is 0.280 e. The molecule has 1 aromatic heterocycles. The number of amides is 3. The van der Waals surface area contributed by atoms with Crippen LogP contribution in [0.3, 0.4) is 0 Å². The zero-order valence-electron chi connectivity index (χ0n) is 38.5. The smallest absolute Gasteiger partial charge is 0.280 e. The van der Waals surface area contributed by atoms with E-state index in [1.165, 1.54) is 0 Å². The molecule has 1 unspecified atom stereocenters. The number of hydrogen-bond donors (Lipinski definition) is 3. The van der Waals surface area contributed by atoms with Crippen molar-refractivity contribution in [3.05, 3.63) is 87.2 Å². The molecule has 1 atom stereocenters. The van der Waals surface area contributed by atoms with Crippen molar-refractivity contribution in [3.8, 4) is 17.6 Å². The quantitative estimate of drug-likeness (QED) is 0.0512. The van der Waals surface area contributed by atoms with Gasteiger partial charge in [-0.1, -0.05) is 50.6 Å². The van der Waals surface area contributed by atoms with E-state index in [1.807, 2.05) is 0 Å². The lowest BCUT2D eigenvalue weighted by atomic mass is 9.49. The number of unbranched alkanes of at least 4 members (excludes halogenated alkanes) is 1. The van der Waals surface area contributed by atoms with Crippen LogP contribution >= 0.6 is 11.6 Å². The number of nitrogens with one attached hydrogen (secondary N) is 3. The van der Waals surface area contributed by atoms with Gasteiger partial charge in [-0.3, -0.25) is 24.5 Å². The van der Waals surface area contributed by atoms with Crippen molar-refractivity contribution in [3.63, 3.8) is 0 Å². The first-order valence-electron chi connectivity index (χ1n) is 22.6. The number of carbonyl (C=O) groups is 3. The molecule has 0 bridgehead atoms. The number of rotatable bonds is 27. The summed E-state index contributed by atoms with van der Waals surface area (Å²) in [6.07, 6.45) is 1.73. The summed E-state index contributed by atoms with van der Waals surface area (Å²) in [4.78, 5) is 50.4. The van der Waals surface area contributed by atoms with Gasteiger partial charge in [-0.05, 0) is 67.8 Å². The van der Waals surface area contributed by atoms with Crippen molar-refractivity contribution in [1.29, 1.82) is 5.26 Å². The van der Waals surface area contributed by atoms with Gasteiger partial charge in [0, 0.05) is 53.8 Å². The summed E-state index contributed by atoms with van der Waals surface area (Å²) in [5.41, 5.74) is 0.758. The lowest BCUT2D eigenvalue weighted by molar-refractivity contribution is -0.164. The van der Waals surface area contributed by atoms with Gasteiger partial charge in [-0.2, -0.15) is 9.94 Å². The Morgan fingerprint density at radius 1 is 0.821 bits per heavy atom. The number of fused-ring (bicyclic) bond motifs is 1. The van der Waals surface area contributed by atoms with Crippen molar-refractivity contribution < 1.29 is 47.5 Å². The summed E-state index contributed by atoms with van der Waals surface area (Å²) in [6, 6.07) is 18.3. The molecule has 0 spiro atoms. The highest BCUT2D eigenvalue weighted by Crippen LogP contribution is 2.55. The van der Waals surface area contributed by atoms with Gasteiger partial charge in [0.05, 0.1) is 75.4 Å². The Labute approximate surface area is 394 Å². The summed E-state index contributed by atoms with van der Waals surface area (Å²) in [5, 5.41) is 26.7. The first-order chi connectivity index (χ1) is 32.3. The number of aromatic nitrogens is 3. The third kappa shape index (κ3) is 13.5. The van der Waals surface area contributed by atoms with E-state index in [1.54, 1.807) is 60.7 Å². The molecule has 1 aliphatic carbocycles. The van der Waals surface area contributed by atoms with Crippen LogP contribution in [0.2, 0.25) is 5.02 Å². The second kappa shape index (κ2) is 24.4. The Hall–Kier alpha value is -5.68. The Morgan fingerprint density at radius 2 is 1.43 bits per heavy atom. The van der Waals surface area contributed by atoms with E-state index < -0.39 is 17.5 Å². The minimum Gasteiger partial charge on any atom is -0.491 e. The number of nitrogens with zero attached hydrogens (tertiary/aromatic N) is 4. The van der Waals surface area contributed by atoms with Gasteiger partial charge in [-0.25, -0.2) is 0 Å². The van der Waals surface area contributed by atoms with Crippen LogP contribution in [0.15, 0.2) is 65.5 Å². The van der Waals surface area contributed by atoms with E-state index >= 15 is 0 Å². The normalized spacial score (nSPS) is 18.4. The summed E-state index contributed by atoms with van der Waals surface area (Å²) in [6.45, 7) is 13.7. The maximum atomic E-state index is 13.3. The molecular weight excluding hydrogens is 886 g/mol. The first-order valence-corrected chi connectivity index (χ1v) is 22.9. The zero-order valence-corrected chi connectivity index (χ0v) is 39.2. The van der Waals surface area contributed by atoms with Crippen LogP contribution in [0, 0.1) is 22.2 Å². The molecule has 3 aromatic carbocycles. The van der Waals surface area contributed by atoms with Crippen LogP contribution in [0.25, 0.3) is 10.9 Å². The van der Waals surface area contributed by atoms with Gasteiger partial charge in [-0.15, -0.1) is 5.10 Å². The van der Waals surface area contributed by atoms with Crippen molar-refractivity contribution in [2.45, 2.75) is 71.6 Å². The molecule has 1 saturated carbocycles. The molecule has 360 valence electrons. The van der Waals surface area contributed by atoms with Crippen molar-refractivity contribution in [2.24, 2.45) is 10.8 Å². The minimum absolute atomic E-state index is 0.132. The van der Waals surface area contributed by atoms with Crippen LogP contribution in [0.4, 0.5) is 5.69 Å². The Balaban J connectivity index is 0.724. The molecular formula is C48H60ClN7O11. The third-order valence-corrected chi connectivity index (χ3v) is 12.1. The summed E-state index contributed by atoms with van der Waals surface area (Å²) in [5.74, 6) is 0.110. The van der Waals surface area contributed by atoms with Crippen LogP contribution in [0.1, 0.15) is 75.3 Å². The van der Waals surface area contributed by atoms with Crippen LogP contribution in [-0.2, 0) is 33.3 Å². The van der Waals surface area contributed by atoms with E-state index in [-0.39, 0.29) is 47.6 Å². The van der Waals surface area contributed by atoms with Gasteiger partial charge in [0.2, 0.25) is 5.91 Å². The summed E-state index contributed by atoms with van der Waals surface area (Å²) in [7, 11) is 0. The lowest BCUT2D eigenvalue weighted by Crippen LogP contribution is -2.74. The van der Waals surface area contributed by atoms with Crippen LogP contribution in [-0.4, -0.2) is 124 Å². The van der Waals surface area contributed by atoms with Gasteiger partial charge < -0.3 is 43.8 Å². The highest BCUT2D eigenvalue weighted by Gasteiger charge is 2.64. The van der Waals surface area contributed by atoms with Gasteiger partial charge in [0.1, 0.15) is 41.8 Å².